The van der Waals surface area contributed by atoms with Crippen molar-refractivity contribution in [3.05, 3.63) is 68.0 Å². The van der Waals surface area contributed by atoms with E-state index >= 15 is 0 Å². The largest absolute Gasteiger partial charge is 0.426 e. The van der Waals surface area contributed by atoms with Gasteiger partial charge in [-0.05, 0) is 60.5 Å². The zero-order valence-electron chi connectivity index (χ0n) is 17.3. The molecule has 0 unspecified atom stereocenters. The molecular formula is C21H18N2O7S3. The maximum Gasteiger partial charge on any atom is 0.347 e. The van der Waals surface area contributed by atoms with Gasteiger partial charge < -0.3 is 19.6 Å². The molecule has 0 saturated heterocycles. The highest BCUT2D eigenvalue weighted by molar-refractivity contribution is 7.80. The lowest BCUT2D eigenvalue weighted by molar-refractivity contribution is -0.757. The van der Waals surface area contributed by atoms with Gasteiger partial charge in [-0.3, -0.25) is 4.79 Å². The van der Waals surface area contributed by atoms with E-state index in [2.05, 4.69) is 10.2 Å². The summed E-state index contributed by atoms with van der Waals surface area (Å²) in [6.07, 6.45) is -0.0222. The van der Waals surface area contributed by atoms with Crippen molar-refractivity contribution in [1.29, 1.82) is 0 Å². The Kier molecular flexibility index (Phi) is 8.46. The maximum atomic E-state index is 12.8. The van der Waals surface area contributed by atoms with Gasteiger partial charge in [0, 0.05) is 24.0 Å². The summed E-state index contributed by atoms with van der Waals surface area (Å²) >= 11 is 5.16. The van der Waals surface area contributed by atoms with Gasteiger partial charge in [-0.25, -0.2) is 4.79 Å². The Hall–Kier alpha value is -3.35. The SMILES string of the molecule is CNc1ccc(OC(=O)CCCO[N+](=O)[O-])c(C(=O)Oc2ccc(-c3cc(=S)ss3)cc2)c1. The molecule has 3 rings (SSSR count). The van der Waals surface area contributed by atoms with Crippen LogP contribution < -0.4 is 14.8 Å². The molecular weight excluding hydrogens is 488 g/mol. The van der Waals surface area contributed by atoms with Crippen LogP contribution in [-0.4, -0.2) is 30.7 Å². The fraction of sp³-hybridized carbons (Fsp3) is 0.190. The molecule has 0 atom stereocenters. The third kappa shape index (κ3) is 7.07. The van der Waals surface area contributed by atoms with Crippen LogP contribution in [0, 0.1) is 13.9 Å². The molecule has 1 N–H and O–H groups in total. The van der Waals surface area contributed by atoms with Crippen LogP contribution >= 0.6 is 32.9 Å². The molecule has 0 radical (unpaired) electrons. The van der Waals surface area contributed by atoms with E-state index in [0.29, 0.717) is 11.4 Å². The van der Waals surface area contributed by atoms with Gasteiger partial charge in [0.2, 0.25) is 0 Å². The molecule has 0 bridgehead atoms. The van der Waals surface area contributed by atoms with Crippen LogP contribution in [0.4, 0.5) is 5.69 Å². The number of benzene rings is 2. The first kappa shape index (κ1) is 24.3. The Labute approximate surface area is 201 Å². The zero-order valence-corrected chi connectivity index (χ0v) is 19.7. The van der Waals surface area contributed by atoms with Gasteiger partial charge in [-0.15, -0.1) is 10.1 Å². The summed E-state index contributed by atoms with van der Waals surface area (Å²) in [6.45, 7) is -0.231. The second kappa shape index (κ2) is 11.5. The molecule has 0 aliphatic heterocycles. The number of carbonyl (C=O) groups is 2. The van der Waals surface area contributed by atoms with Crippen LogP contribution in [0.3, 0.4) is 0 Å². The summed E-state index contributed by atoms with van der Waals surface area (Å²) in [5.41, 5.74) is 1.63. The molecule has 2 aromatic carbocycles. The first-order valence-corrected chi connectivity index (χ1v) is 12.1. The van der Waals surface area contributed by atoms with Crippen molar-refractivity contribution in [2.45, 2.75) is 12.8 Å². The smallest absolute Gasteiger partial charge is 0.347 e. The molecule has 9 nitrogen and oxygen atoms in total. The standard InChI is InChI=1S/C21H18N2O7S3/c1-22-14-6-9-17(30-19(24)3-2-10-28-23(26)27)16(11-14)21(25)29-15-7-4-13(5-8-15)18-12-20(31)33-32-18/h4-9,11-12,22H,2-3,10H2,1H3. The zero-order chi connectivity index (χ0) is 23.8. The number of hydrogen-bond acceptors (Lipinski definition) is 11. The molecule has 1 aromatic heterocycles. The normalized spacial score (nSPS) is 10.3. The second-order valence-corrected chi connectivity index (χ2v) is 9.41. The van der Waals surface area contributed by atoms with Crippen LogP contribution in [-0.2, 0) is 9.63 Å². The minimum Gasteiger partial charge on any atom is -0.426 e. The molecule has 0 aliphatic carbocycles. The first-order chi connectivity index (χ1) is 15.9. The van der Waals surface area contributed by atoms with E-state index in [1.165, 1.54) is 22.5 Å². The van der Waals surface area contributed by atoms with E-state index in [1.807, 2.05) is 18.2 Å². The van der Waals surface area contributed by atoms with E-state index in [1.54, 1.807) is 35.6 Å². The Morgan fingerprint density at radius 1 is 1.09 bits per heavy atom. The van der Waals surface area contributed by atoms with Gasteiger partial charge in [0.15, 0.2) is 0 Å². The number of hydrogen-bond donors (Lipinski definition) is 1. The van der Waals surface area contributed by atoms with Crippen LogP contribution in [0.2, 0.25) is 0 Å². The molecule has 3 aromatic rings. The molecule has 33 heavy (non-hydrogen) atoms. The van der Waals surface area contributed by atoms with Crippen molar-refractivity contribution < 1.29 is 29.0 Å². The lowest BCUT2D eigenvalue weighted by Crippen LogP contribution is -2.15. The summed E-state index contributed by atoms with van der Waals surface area (Å²) in [6, 6.07) is 13.5. The van der Waals surface area contributed by atoms with Crippen LogP contribution in [0.1, 0.15) is 23.2 Å². The number of carbonyl (C=O) groups excluding carboxylic acids is 2. The molecule has 0 amide bonds. The van der Waals surface area contributed by atoms with Crippen molar-refractivity contribution in [3.8, 4) is 21.9 Å². The molecule has 12 heteroatoms. The van der Waals surface area contributed by atoms with Gasteiger partial charge in [-0.2, -0.15) is 0 Å². The average molecular weight is 507 g/mol. The Balaban J connectivity index is 1.70. The lowest BCUT2D eigenvalue weighted by atomic mass is 10.1. The minimum absolute atomic E-state index is 0.0221. The summed E-state index contributed by atoms with van der Waals surface area (Å²) in [5, 5.41) is 12.1. The van der Waals surface area contributed by atoms with Gasteiger partial charge in [0.05, 0.1) is 6.61 Å². The molecule has 0 spiro atoms. The fourth-order valence-electron chi connectivity index (χ4n) is 2.69. The number of esters is 2. The van der Waals surface area contributed by atoms with Crippen molar-refractivity contribution >= 4 is 50.5 Å². The highest BCUT2D eigenvalue weighted by atomic mass is 32.9. The van der Waals surface area contributed by atoms with Crippen molar-refractivity contribution in [3.63, 3.8) is 0 Å². The quantitative estimate of drug-likeness (QED) is 0.0737. The molecule has 172 valence electrons. The maximum absolute atomic E-state index is 12.8. The van der Waals surface area contributed by atoms with E-state index in [0.717, 1.165) is 14.3 Å². The van der Waals surface area contributed by atoms with Gasteiger partial charge in [-0.1, -0.05) is 32.9 Å². The Morgan fingerprint density at radius 2 is 1.85 bits per heavy atom. The monoisotopic (exact) mass is 506 g/mol. The summed E-state index contributed by atoms with van der Waals surface area (Å²) in [5.74, 6) is -1.01. The predicted octanol–water partition coefficient (Wildman–Crippen LogP) is 5.36. The van der Waals surface area contributed by atoms with Crippen molar-refractivity contribution in [2.24, 2.45) is 0 Å². The number of anilines is 1. The summed E-state index contributed by atoms with van der Waals surface area (Å²) < 4.78 is 11.6. The second-order valence-electron chi connectivity index (χ2n) is 6.50. The van der Waals surface area contributed by atoms with E-state index in [9.17, 15) is 19.7 Å². The van der Waals surface area contributed by atoms with Crippen molar-refractivity contribution in [1.82, 2.24) is 0 Å². The van der Waals surface area contributed by atoms with E-state index in [4.69, 9.17) is 21.7 Å². The van der Waals surface area contributed by atoms with Gasteiger partial charge >= 0.3 is 11.9 Å². The van der Waals surface area contributed by atoms with Gasteiger partial charge in [0.1, 0.15) is 20.9 Å². The number of nitrogens with one attached hydrogen (secondary N) is 1. The average Bonchev–Trinajstić information content (AvgIpc) is 3.23. The molecule has 0 aliphatic rings. The molecule has 1 heterocycles. The summed E-state index contributed by atoms with van der Waals surface area (Å²) in [4.78, 5) is 40.3. The van der Waals surface area contributed by atoms with Gasteiger partial charge in [0.25, 0.3) is 5.09 Å². The van der Waals surface area contributed by atoms with Crippen LogP contribution in [0.15, 0.2) is 48.5 Å². The third-order valence-corrected chi connectivity index (χ3v) is 7.16. The summed E-state index contributed by atoms with van der Waals surface area (Å²) in [7, 11) is 4.77. The molecule has 0 saturated carbocycles. The molecule has 0 fully saturated rings. The lowest BCUT2D eigenvalue weighted by Gasteiger charge is -2.12. The number of rotatable bonds is 10. The number of nitrogens with zero attached hydrogens (tertiary/aromatic N) is 1. The van der Waals surface area contributed by atoms with E-state index in [-0.39, 0.29) is 30.8 Å². The Morgan fingerprint density at radius 3 is 2.48 bits per heavy atom. The number of ether oxygens (including phenoxy) is 2. The highest BCUT2D eigenvalue weighted by Gasteiger charge is 2.19. The predicted molar refractivity (Wildman–Crippen MR) is 127 cm³/mol. The first-order valence-electron chi connectivity index (χ1n) is 9.58. The Bertz CT molecular complexity index is 1210. The van der Waals surface area contributed by atoms with Crippen LogP contribution in [0.25, 0.3) is 10.4 Å². The van der Waals surface area contributed by atoms with E-state index < -0.39 is 17.0 Å². The minimum atomic E-state index is -0.931. The van der Waals surface area contributed by atoms with Crippen LogP contribution in [0.5, 0.6) is 11.5 Å². The topological polar surface area (TPSA) is 117 Å². The third-order valence-electron chi connectivity index (χ3n) is 4.25. The fourth-order valence-corrected chi connectivity index (χ4v) is 5.09. The highest BCUT2D eigenvalue weighted by Crippen LogP contribution is 2.31. The van der Waals surface area contributed by atoms with Crippen molar-refractivity contribution in [2.75, 3.05) is 19.0 Å².